The molecule has 1 rings (SSSR count). The Morgan fingerprint density at radius 2 is 2.33 bits per heavy atom. The summed E-state index contributed by atoms with van der Waals surface area (Å²) in [6.07, 6.45) is 1.48. The van der Waals surface area contributed by atoms with Crippen LogP contribution in [0, 0.1) is 0 Å². The smallest absolute Gasteiger partial charge is 0.239 e. The molecule has 0 fully saturated rings. The normalized spacial score (nSPS) is 17.7. The molecule has 0 aromatic carbocycles. The Labute approximate surface area is 54.0 Å². The third-order valence-corrected chi connectivity index (χ3v) is 2.64. The fourth-order valence-electron chi connectivity index (χ4n) is 0.489. The lowest BCUT2D eigenvalue weighted by Crippen LogP contribution is -2.33. The van der Waals surface area contributed by atoms with E-state index in [1.807, 2.05) is 0 Å². The van der Waals surface area contributed by atoms with Gasteiger partial charge < -0.3 is 5.32 Å². The topological polar surface area (TPSA) is 58.2 Å². The van der Waals surface area contributed by atoms with Crippen LogP contribution in [0.5, 0.6) is 0 Å². The Morgan fingerprint density at radius 3 is 2.44 bits per heavy atom. The van der Waals surface area contributed by atoms with E-state index in [0.717, 1.165) is 0 Å². The zero-order valence-corrected chi connectivity index (χ0v) is 5.83. The van der Waals surface area contributed by atoms with Crippen molar-refractivity contribution in [3.63, 3.8) is 0 Å². The predicted molar refractivity (Wildman–Crippen MR) is 34.1 cm³/mol. The Balaban J connectivity index is 2.83. The Hall–Kier alpha value is -0.550. The summed E-state index contributed by atoms with van der Waals surface area (Å²) in [6.45, 7) is 0.448. The lowest BCUT2D eigenvalue weighted by molar-refractivity contribution is 0.589. The van der Waals surface area contributed by atoms with E-state index in [9.17, 15) is 8.42 Å². The SMILES string of the molecule is CNS(=O)(=O)C1=CNC1. The van der Waals surface area contributed by atoms with Gasteiger partial charge in [0.25, 0.3) is 0 Å². The van der Waals surface area contributed by atoms with Crippen molar-refractivity contribution < 1.29 is 8.42 Å². The number of hydrogen-bond donors (Lipinski definition) is 2. The second-order valence-electron chi connectivity index (χ2n) is 1.70. The maximum absolute atomic E-state index is 10.8. The van der Waals surface area contributed by atoms with Crippen molar-refractivity contribution in [1.82, 2.24) is 10.0 Å². The molecule has 1 aliphatic rings. The van der Waals surface area contributed by atoms with Crippen LogP contribution in [-0.2, 0) is 10.0 Å². The molecular formula is C4H8N2O2S. The average Bonchev–Trinajstić information content (AvgIpc) is 1.60. The van der Waals surface area contributed by atoms with Gasteiger partial charge >= 0.3 is 0 Å². The quantitative estimate of drug-likeness (QED) is 0.527. The van der Waals surface area contributed by atoms with Crippen LogP contribution in [0.25, 0.3) is 0 Å². The minimum Gasteiger partial charge on any atom is -0.385 e. The van der Waals surface area contributed by atoms with Gasteiger partial charge in [0, 0.05) is 6.20 Å². The summed E-state index contributed by atoms with van der Waals surface area (Å²) in [5, 5.41) is 2.72. The minimum absolute atomic E-state index is 0.421. The first-order chi connectivity index (χ1) is 4.17. The van der Waals surface area contributed by atoms with Crippen LogP contribution in [0.3, 0.4) is 0 Å². The Morgan fingerprint density at radius 1 is 1.78 bits per heavy atom. The van der Waals surface area contributed by atoms with Gasteiger partial charge in [0.15, 0.2) is 0 Å². The summed E-state index contributed by atoms with van der Waals surface area (Å²) in [7, 11) is -1.72. The van der Waals surface area contributed by atoms with Gasteiger partial charge in [-0.05, 0) is 7.05 Å². The van der Waals surface area contributed by atoms with E-state index in [4.69, 9.17) is 0 Å². The van der Waals surface area contributed by atoms with Crippen LogP contribution in [0.4, 0.5) is 0 Å². The van der Waals surface area contributed by atoms with Crippen LogP contribution in [0.15, 0.2) is 11.1 Å². The Bertz CT molecular complexity index is 229. The number of sulfonamides is 1. The van der Waals surface area contributed by atoms with Crippen molar-refractivity contribution in [1.29, 1.82) is 0 Å². The average molecular weight is 148 g/mol. The number of rotatable bonds is 2. The van der Waals surface area contributed by atoms with E-state index < -0.39 is 10.0 Å². The van der Waals surface area contributed by atoms with Gasteiger partial charge in [-0.25, -0.2) is 13.1 Å². The van der Waals surface area contributed by atoms with E-state index in [2.05, 4.69) is 10.0 Å². The van der Waals surface area contributed by atoms with Gasteiger partial charge in [0.2, 0.25) is 10.0 Å². The van der Waals surface area contributed by atoms with Crippen LogP contribution >= 0.6 is 0 Å². The van der Waals surface area contributed by atoms with E-state index in [-0.39, 0.29) is 0 Å². The molecular weight excluding hydrogens is 140 g/mol. The number of nitrogens with one attached hydrogen (secondary N) is 2. The highest BCUT2D eigenvalue weighted by molar-refractivity contribution is 7.93. The molecule has 0 radical (unpaired) electrons. The summed E-state index contributed by atoms with van der Waals surface area (Å²) in [5.41, 5.74) is 0. The minimum atomic E-state index is -3.11. The molecule has 0 bridgehead atoms. The fraction of sp³-hybridized carbons (Fsp3) is 0.500. The predicted octanol–water partition coefficient (Wildman–Crippen LogP) is -1.02. The molecule has 52 valence electrons. The zero-order chi connectivity index (χ0) is 6.91. The van der Waals surface area contributed by atoms with Gasteiger partial charge in [-0.3, -0.25) is 0 Å². The molecule has 0 unspecified atom stereocenters. The first-order valence-electron chi connectivity index (χ1n) is 2.53. The lowest BCUT2D eigenvalue weighted by Gasteiger charge is -2.15. The highest BCUT2D eigenvalue weighted by Crippen LogP contribution is 2.06. The van der Waals surface area contributed by atoms with Crippen molar-refractivity contribution >= 4 is 10.0 Å². The highest BCUT2D eigenvalue weighted by atomic mass is 32.2. The summed E-state index contributed by atoms with van der Waals surface area (Å²) in [5.74, 6) is 0. The molecule has 0 aromatic heterocycles. The second-order valence-corrected chi connectivity index (χ2v) is 3.64. The van der Waals surface area contributed by atoms with Gasteiger partial charge in [0.05, 0.1) is 11.4 Å². The largest absolute Gasteiger partial charge is 0.385 e. The molecule has 0 atom stereocenters. The molecule has 0 amide bonds. The zero-order valence-electron chi connectivity index (χ0n) is 5.01. The van der Waals surface area contributed by atoms with Gasteiger partial charge in [-0.2, -0.15) is 0 Å². The number of hydrogen-bond acceptors (Lipinski definition) is 3. The molecule has 5 heteroatoms. The van der Waals surface area contributed by atoms with Crippen LogP contribution in [0.2, 0.25) is 0 Å². The van der Waals surface area contributed by atoms with Crippen molar-refractivity contribution in [2.45, 2.75) is 0 Å². The van der Waals surface area contributed by atoms with Crippen LogP contribution in [0.1, 0.15) is 0 Å². The monoisotopic (exact) mass is 148 g/mol. The third-order valence-electron chi connectivity index (χ3n) is 1.15. The molecule has 0 saturated heterocycles. The van der Waals surface area contributed by atoms with Gasteiger partial charge in [-0.1, -0.05) is 0 Å². The maximum atomic E-state index is 10.8. The maximum Gasteiger partial charge on any atom is 0.239 e. The fourth-order valence-corrected chi connectivity index (χ4v) is 1.26. The first kappa shape index (κ1) is 6.57. The van der Waals surface area contributed by atoms with E-state index in [0.29, 0.717) is 11.4 Å². The Kier molecular flexibility index (Phi) is 1.46. The first-order valence-corrected chi connectivity index (χ1v) is 4.01. The summed E-state index contributed by atoms with van der Waals surface area (Å²) in [4.78, 5) is 0.421. The molecule has 0 aliphatic carbocycles. The molecule has 0 spiro atoms. The van der Waals surface area contributed by atoms with Crippen molar-refractivity contribution in [2.24, 2.45) is 0 Å². The lowest BCUT2D eigenvalue weighted by atomic mass is 10.5. The summed E-state index contributed by atoms with van der Waals surface area (Å²) >= 11 is 0. The van der Waals surface area contributed by atoms with Crippen LogP contribution < -0.4 is 10.0 Å². The second kappa shape index (κ2) is 2.00. The molecule has 9 heavy (non-hydrogen) atoms. The molecule has 1 heterocycles. The van der Waals surface area contributed by atoms with Crippen molar-refractivity contribution in [2.75, 3.05) is 13.6 Å². The van der Waals surface area contributed by atoms with E-state index >= 15 is 0 Å². The highest BCUT2D eigenvalue weighted by Gasteiger charge is 2.18. The summed E-state index contributed by atoms with van der Waals surface area (Å²) in [6, 6.07) is 0. The standard InChI is InChI=1S/C4H8N2O2S/c1-5-9(7,8)4-2-6-3-4/h2,5-6H,3H2,1H3. The molecule has 0 saturated carbocycles. The van der Waals surface area contributed by atoms with E-state index in [1.165, 1.54) is 13.2 Å². The van der Waals surface area contributed by atoms with Gasteiger partial charge in [-0.15, -0.1) is 0 Å². The van der Waals surface area contributed by atoms with Crippen molar-refractivity contribution in [3.8, 4) is 0 Å². The van der Waals surface area contributed by atoms with E-state index in [1.54, 1.807) is 0 Å². The van der Waals surface area contributed by atoms with Crippen molar-refractivity contribution in [3.05, 3.63) is 11.1 Å². The van der Waals surface area contributed by atoms with Gasteiger partial charge in [0.1, 0.15) is 0 Å². The molecule has 1 aliphatic heterocycles. The summed E-state index contributed by atoms with van der Waals surface area (Å²) < 4.78 is 23.7. The molecule has 2 N–H and O–H groups in total. The van der Waals surface area contributed by atoms with Crippen LogP contribution in [-0.4, -0.2) is 22.0 Å². The third kappa shape index (κ3) is 1.06. The molecule has 4 nitrogen and oxygen atoms in total. The molecule has 0 aromatic rings.